The lowest BCUT2D eigenvalue weighted by atomic mass is 9.97. The first-order valence-corrected chi connectivity index (χ1v) is 16.9. The minimum absolute atomic E-state index is 0.638. The van der Waals surface area contributed by atoms with E-state index < -0.39 is 0 Å². The van der Waals surface area contributed by atoms with Crippen LogP contribution in [0.1, 0.15) is 0 Å². The molecule has 0 aliphatic carbocycles. The van der Waals surface area contributed by atoms with Gasteiger partial charge in [-0.15, -0.1) is 0 Å². The van der Waals surface area contributed by atoms with E-state index >= 15 is 0 Å². The predicted molar refractivity (Wildman–Crippen MR) is 207 cm³/mol. The first-order valence-electron chi connectivity index (χ1n) is 16.9. The molecule has 3 heteroatoms. The first kappa shape index (κ1) is 29.4. The molecule has 0 aliphatic rings. The zero-order valence-corrected chi connectivity index (χ0v) is 27.2. The summed E-state index contributed by atoms with van der Waals surface area (Å²) >= 11 is 0. The number of rotatable bonds is 6. The molecule has 0 saturated carbocycles. The van der Waals surface area contributed by atoms with E-state index in [1.165, 1.54) is 32.8 Å². The van der Waals surface area contributed by atoms with Gasteiger partial charge >= 0.3 is 0 Å². The molecule has 0 spiro atoms. The zero-order valence-electron chi connectivity index (χ0n) is 27.2. The normalized spacial score (nSPS) is 11.2. The van der Waals surface area contributed by atoms with Gasteiger partial charge in [-0.1, -0.05) is 170 Å². The van der Waals surface area contributed by atoms with Gasteiger partial charge in [0, 0.05) is 16.7 Å². The molecule has 0 fully saturated rings. The van der Waals surface area contributed by atoms with Crippen molar-refractivity contribution in [3.63, 3.8) is 0 Å². The standard InChI is InChI=1S/C47H31N3/c1-3-11-32(12-4-1)37-17-9-18-41(30-37)46-48-45(36-23-21-35(22-24-36)44-20-10-16-34-15-7-8-19-43(34)44)49-47(50-46)42-28-27-39-29-38(25-26-40(39)31-42)33-13-5-2-6-14-33/h1-31H. The van der Waals surface area contributed by atoms with Crippen LogP contribution in [0, 0.1) is 0 Å². The highest BCUT2D eigenvalue weighted by molar-refractivity contribution is 5.97. The Hall–Kier alpha value is -6.71. The van der Waals surface area contributed by atoms with E-state index in [9.17, 15) is 0 Å². The number of aromatic nitrogens is 3. The van der Waals surface area contributed by atoms with Gasteiger partial charge in [0.1, 0.15) is 0 Å². The molecule has 234 valence electrons. The molecule has 0 radical (unpaired) electrons. The Morgan fingerprint density at radius 2 is 0.680 bits per heavy atom. The van der Waals surface area contributed by atoms with E-state index in [1.54, 1.807) is 0 Å². The molecule has 0 amide bonds. The van der Waals surface area contributed by atoms with Crippen LogP contribution in [-0.4, -0.2) is 15.0 Å². The number of hydrogen-bond donors (Lipinski definition) is 0. The summed E-state index contributed by atoms with van der Waals surface area (Å²) in [6, 6.07) is 65.9. The highest BCUT2D eigenvalue weighted by Crippen LogP contribution is 2.33. The van der Waals surface area contributed by atoms with Crippen LogP contribution < -0.4 is 0 Å². The Balaban J connectivity index is 1.15. The van der Waals surface area contributed by atoms with Gasteiger partial charge in [0.25, 0.3) is 0 Å². The van der Waals surface area contributed by atoms with Gasteiger partial charge in [0.2, 0.25) is 0 Å². The third kappa shape index (κ3) is 5.72. The highest BCUT2D eigenvalue weighted by atomic mass is 15.0. The molecule has 1 aromatic heterocycles. The van der Waals surface area contributed by atoms with E-state index in [2.05, 4.69) is 176 Å². The maximum atomic E-state index is 5.08. The summed E-state index contributed by atoms with van der Waals surface area (Å²) in [6.45, 7) is 0. The lowest BCUT2D eigenvalue weighted by Crippen LogP contribution is -2.00. The predicted octanol–water partition coefficient (Wildman–Crippen LogP) is 12.2. The fourth-order valence-corrected chi connectivity index (χ4v) is 6.70. The SMILES string of the molecule is c1ccc(-c2cccc(-c3nc(-c4ccc(-c5cccc6ccccc56)cc4)nc(-c4ccc5cc(-c6ccccc6)ccc5c4)n3)c2)cc1. The summed E-state index contributed by atoms with van der Waals surface area (Å²) in [6.07, 6.45) is 0. The molecule has 1 heterocycles. The fraction of sp³-hybridized carbons (Fsp3) is 0. The Morgan fingerprint density at radius 1 is 0.240 bits per heavy atom. The van der Waals surface area contributed by atoms with Gasteiger partial charge in [-0.25, -0.2) is 15.0 Å². The molecule has 0 unspecified atom stereocenters. The maximum absolute atomic E-state index is 5.08. The molecule has 9 rings (SSSR count). The van der Waals surface area contributed by atoms with Gasteiger partial charge in [0.05, 0.1) is 0 Å². The van der Waals surface area contributed by atoms with Gasteiger partial charge in [0.15, 0.2) is 17.5 Å². The van der Waals surface area contributed by atoms with Gasteiger partial charge < -0.3 is 0 Å². The van der Waals surface area contributed by atoms with Crippen molar-refractivity contribution in [1.82, 2.24) is 15.0 Å². The Labute approximate surface area is 291 Å². The molecule has 8 aromatic carbocycles. The molecule has 0 N–H and O–H groups in total. The number of benzene rings is 8. The van der Waals surface area contributed by atoms with Crippen molar-refractivity contribution in [1.29, 1.82) is 0 Å². The number of nitrogens with zero attached hydrogens (tertiary/aromatic N) is 3. The molecule has 0 bridgehead atoms. The van der Waals surface area contributed by atoms with Crippen LogP contribution in [0.25, 0.3) is 89.1 Å². The average molecular weight is 638 g/mol. The Bertz CT molecular complexity index is 2620. The average Bonchev–Trinajstić information content (AvgIpc) is 3.21. The Kier molecular flexibility index (Phi) is 7.49. The van der Waals surface area contributed by atoms with Crippen molar-refractivity contribution < 1.29 is 0 Å². The van der Waals surface area contributed by atoms with Crippen molar-refractivity contribution in [3.8, 4) is 67.5 Å². The topological polar surface area (TPSA) is 38.7 Å². The van der Waals surface area contributed by atoms with E-state index in [4.69, 9.17) is 15.0 Å². The molecule has 0 atom stereocenters. The summed E-state index contributed by atoms with van der Waals surface area (Å²) in [5.41, 5.74) is 9.85. The van der Waals surface area contributed by atoms with Gasteiger partial charge in [-0.05, 0) is 73.1 Å². The summed E-state index contributed by atoms with van der Waals surface area (Å²) in [4.78, 5) is 15.2. The summed E-state index contributed by atoms with van der Waals surface area (Å²) in [7, 11) is 0. The molecule has 50 heavy (non-hydrogen) atoms. The van der Waals surface area contributed by atoms with Crippen LogP contribution in [0.3, 0.4) is 0 Å². The summed E-state index contributed by atoms with van der Waals surface area (Å²) < 4.78 is 0. The lowest BCUT2D eigenvalue weighted by molar-refractivity contribution is 1.07. The zero-order chi connectivity index (χ0) is 33.3. The van der Waals surface area contributed by atoms with Crippen LogP contribution in [-0.2, 0) is 0 Å². The summed E-state index contributed by atoms with van der Waals surface area (Å²) in [5, 5.41) is 4.77. The quantitative estimate of drug-likeness (QED) is 0.182. The molecular weight excluding hydrogens is 607 g/mol. The van der Waals surface area contributed by atoms with Crippen molar-refractivity contribution >= 4 is 21.5 Å². The second-order valence-corrected chi connectivity index (χ2v) is 12.5. The monoisotopic (exact) mass is 637 g/mol. The van der Waals surface area contributed by atoms with Crippen molar-refractivity contribution in [2.75, 3.05) is 0 Å². The fourth-order valence-electron chi connectivity index (χ4n) is 6.70. The van der Waals surface area contributed by atoms with E-state index in [0.717, 1.165) is 38.8 Å². The van der Waals surface area contributed by atoms with Gasteiger partial charge in [-0.2, -0.15) is 0 Å². The van der Waals surface area contributed by atoms with Crippen LogP contribution in [0.4, 0.5) is 0 Å². The number of fused-ring (bicyclic) bond motifs is 2. The van der Waals surface area contributed by atoms with Gasteiger partial charge in [-0.3, -0.25) is 0 Å². The van der Waals surface area contributed by atoms with Crippen LogP contribution in [0.5, 0.6) is 0 Å². The maximum Gasteiger partial charge on any atom is 0.164 e. The van der Waals surface area contributed by atoms with E-state index in [-0.39, 0.29) is 0 Å². The third-order valence-corrected chi connectivity index (χ3v) is 9.31. The molecular formula is C47H31N3. The first-order chi connectivity index (χ1) is 24.7. The Morgan fingerprint density at radius 3 is 1.38 bits per heavy atom. The lowest BCUT2D eigenvalue weighted by Gasteiger charge is -2.11. The second-order valence-electron chi connectivity index (χ2n) is 12.5. The second kappa shape index (κ2) is 12.7. The van der Waals surface area contributed by atoms with E-state index in [0.29, 0.717) is 17.5 Å². The minimum Gasteiger partial charge on any atom is -0.208 e. The minimum atomic E-state index is 0.638. The number of hydrogen-bond acceptors (Lipinski definition) is 3. The highest BCUT2D eigenvalue weighted by Gasteiger charge is 2.14. The van der Waals surface area contributed by atoms with Crippen LogP contribution >= 0.6 is 0 Å². The molecule has 0 aliphatic heterocycles. The van der Waals surface area contributed by atoms with E-state index in [1.807, 2.05) is 12.1 Å². The van der Waals surface area contributed by atoms with Crippen LogP contribution in [0.15, 0.2) is 188 Å². The summed E-state index contributed by atoms with van der Waals surface area (Å²) in [5.74, 6) is 1.92. The molecule has 0 saturated heterocycles. The molecule has 3 nitrogen and oxygen atoms in total. The van der Waals surface area contributed by atoms with Crippen molar-refractivity contribution in [2.24, 2.45) is 0 Å². The van der Waals surface area contributed by atoms with Crippen molar-refractivity contribution in [2.45, 2.75) is 0 Å². The molecule has 9 aromatic rings. The van der Waals surface area contributed by atoms with Crippen LogP contribution in [0.2, 0.25) is 0 Å². The largest absolute Gasteiger partial charge is 0.208 e. The smallest absolute Gasteiger partial charge is 0.164 e. The van der Waals surface area contributed by atoms with Crippen molar-refractivity contribution in [3.05, 3.63) is 188 Å². The third-order valence-electron chi connectivity index (χ3n) is 9.31.